The molecule has 0 N–H and O–H groups in total. The molecule has 0 spiro atoms. The highest BCUT2D eigenvalue weighted by molar-refractivity contribution is 9.10. The van der Waals surface area contributed by atoms with Crippen LogP contribution in [0.4, 0.5) is 4.39 Å². The topological polar surface area (TPSA) is 17.8 Å². The first-order valence-electron chi connectivity index (χ1n) is 6.13. The maximum absolute atomic E-state index is 13.6. The Kier molecular flexibility index (Phi) is 3.76. The summed E-state index contributed by atoms with van der Waals surface area (Å²) in [7, 11) is 0. The average molecular weight is 354 g/mol. The molecule has 0 fully saturated rings. The van der Waals surface area contributed by atoms with Crippen LogP contribution in [0.15, 0.2) is 46.9 Å². The van der Waals surface area contributed by atoms with Crippen molar-refractivity contribution in [3.05, 3.63) is 64.1 Å². The molecule has 20 heavy (non-hydrogen) atoms. The zero-order valence-corrected chi connectivity index (χ0v) is 12.8. The summed E-state index contributed by atoms with van der Waals surface area (Å²) in [5.74, 6) is 0.715. The second-order valence-electron chi connectivity index (χ2n) is 4.49. The molecule has 2 nitrogen and oxygen atoms in total. The Morgan fingerprint density at radius 2 is 1.95 bits per heavy atom. The summed E-state index contributed by atoms with van der Waals surface area (Å²) in [6, 6.07) is 13.2. The summed E-state index contributed by atoms with van der Waals surface area (Å²) in [5.41, 5.74) is 2.65. The number of imidazole rings is 1. The van der Waals surface area contributed by atoms with Crippen LogP contribution in [0.2, 0.25) is 0 Å². The number of alkyl halides is 1. The van der Waals surface area contributed by atoms with Crippen LogP contribution in [0.25, 0.3) is 11.0 Å². The summed E-state index contributed by atoms with van der Waals surface area (Å²) < 4.78 is 16.0. The molecular formula is C15H11BrClFN2. The summed E-state index contributed by atoms with van der Waals surface area (Å²) in [6.07, 6.45) is 0. The predicted octanol–water partition coefficient (Wildman–Crippen LogP) is 4.73. The van der Waals surface area contributed by atoms with Crippen molar-refractivity contribution < 1.29 is 4.39 Å². The first kappa shape index (κ1) is 13.6. The molecule has 5 heteroatoms. The van der Waals surface area contributed by atoms with Crippen LogP contribution in [-0.4, -0.2) is 9.55 Å². The Morgan fingerprint density at radius 3 is 2.65 bits per heavy atom. The molecule has 0 radical (unpaired) electrons. The van der Waals surface area contributed by atoms with Crippen LogP contribution in [0.5, 0.6) is 0 Å². The van der Waals surface area contributed by atoms with Crippen LogP contribution in [0.1, 0.15) is 11.4 Å². The molecule has 0 saturated heterocycles. The maximum Gasteiger partial charge on any atom is 0.139 e. The molecule has 1 heterocycles. The van der Waals surface area contributed by atoms with Crippen LogP contribution in [0, 0.1) is 5.82 Å². The van der Waals surface area contributed by atoms with E-state index in [9.17, 15) is 4.39 Å². The molecule has 0 aliphatic heterocycles. The SMILES string of the molecule is Fc1cc2nc(CCl)n(Cc3ccccc3)c2cc1Br. The van der Waals surface area contributed by atoms with Gasteiger partial charge in [-0.1, -0.05) is 30.3 Å². The zero-order valence-electron chi connectivity index (χ0n) is 10.5. The van der Waals surface area contributed by atoms with E-state index in [1.54, 1.807) is 6.07 Å². The average Bonchev–Trinajstić information content (AvgIpc) is 2.78. The highest BCUT2D eigenvalue weighted by Crippen LogP contribution is 2.25. The molecule has 1 aromatic heterocycles. The largest absolute Gasteiger partial charge is 0.322 e. The Balaban J connectivity index is 2.15. The van der Waals surface area contributed by atoms with Crippen LogP contribution in [0.3, 0.4) is 0 Å². The molecule has 3 rings (SSSR count). The highest BCUT2D eigenvalue weighted by Gasteiger charge is 2.13. The number of hydrogen-bond donors (Lipinski definition) is 0. The van der Waals surface area contributed by atoms with Crippen molar-refractivity contribution in [3.8, 4) is 0 Å². The summed E-state index contributed by atoms with van der Waals surface area (Å²) in [5, 5.41) is 0. The minimum atomic E-state index is -0.317. The van der Waals surface area contributed by atoms with E-state index in [1.807, 2.05) is 34.9 Å². The quantitative estimate of drug-likeness (QED) is 0.623. The van der Waals surface area contributed by atoms with E-state index in [0.717, 1.165) is 16.9 Å². The molecule has 0 atom stereocenters. The molecule has 3 aromatic rings. The normalized spacial score (nSPS) is 11.2. The van der Waals surface area contributed by atoms with Gasteiger partial charge < -0.3 is 4.57 Å². The van der Waals surface area contributed by atoms with Gasteiger partial charge in [0.05, 0.1) is 21.4 Å². The molecule has 0 amide bonds. The van der Waals surface area contributed by atoms with Gasteiger partial charge in [0.2, 0.25) is 0 Å². The lowest BCUT2D eigenvalue weighted by Gasteiger charge is -2.08. The van der Waals surface area contributed by atoms with Crippen LogP contribution < -0.4 is 0 Å². The monoisotopic (exact) mass is 352 g/mol. The molecule has 102 valence electrons. The van der Waals surface area contributed by atoms with Gasteiger partial charge in [0.15, 0.2) is 0 Å². The standard InChI is InChI=1S/C15H11BrClFN2/c16-11-6-14-13(7-12(11)18)19-15(8-17)20(14)9-10-4-2-1-3-5-10/h1-7H,8-9H2. The van der Waals surface area contributed by atoms with E-state index in [0.29, 0.717) is 22.4 Å². The number of fused-ring (bicyclic) bond motifs is 1. The van der Waals surface area contributed by atoms with Gasteiger partial charge in [-0.3, -0.25) is 0 Å². The third kappa shape index (κ3) is 2.45. The highest BCUT2D eigenvalue weighted by atomic mass is 79.9. The molecule has 0 unspecified atom stereocenters. The Labute approximate surface area is 129 Å². The van der Waals surface area contributed by atoms with Crippen molar-refractivity contribution in [2.24, 2.45) is 0 Å². The van der Waals surface area contributed by atoms with E-state index in [4.69, 9.17) is 11.6 Å². The fraction of sp³-hybridized carbons (Fsp3) is 0.133. The Bertz CT molecular complexity index is 755. The van der Waals surface area contributed by atoms with E-state index >= 15 is 0 Å². The first-order valence-corrected chi connectivity index (χ1v) is 7.46. The predicted molar refractivity (Wildman–Crippen MR) is 82.5 cm³/mol. The van der Waals surface area contributed by atoms with Crippen molar-refractivity contribution in [2.45, 2.75) is 12.4 Å². The third-order valence-corrected chi connectivity index (χ3v) is 4.02. The van der Waals surface area contributed by atoms with Gasteiger partial charge in [0.1, 0.15) is 11.6 Å². The van der Waals surface area contributed by atoms with Crippen molar-refractivity contribution in [3.63, 3.8) is 0 Å². The van der Waals surface area contributed by atoms with Crippen molar-refractivity contribution >= 4 is 38.6 Å². The molecule has 2 aromatic carbocycles. The smallest absolute Gasteiger partial charge is 0.139 e. The van der Waals surface area contributed by atoms with Crippen molar-refractivity contribution in [1.29, 1.82) is 0 Å². The number of halogens is 3. The molecule has 0 aliphatic rings. The van der Waals surface area contributed by atoms with Gasteiger partial charge in [-0.15, -0.1) is 11.6 Å². The third-order valence-electron chi connectivity index (χ3n) is 3.17. The molecule has 0 saturated carbocycles. The fourth-order valence-electron chi connectivity index (χ4n) is 2.21. The van der Waals surface area contributed by atoms with Gasteiger partial charge in [-0.25, -0.2) is 9.37 Å². The lowest BCUT2D eigenvalue weighted by molar-refractivity contribution is 0.622. The second-order valence-corrected chi connectivity index (χ2v) is 5.61. The number of nitrogens with zero attached hydrogens (tertiary/aromatic N) is 2. The van der Waals surface area contributed by atoms with Crippen molar-refractivity contribution in [1.82, 2.24) is 9.55 Å². The first-order chi connectivity index (χ1) is 9.69. The van der Waals surface area contributed by atoms with E-state index in [2.05, 4.69) is 20.9 Å². The lowest BCUT2D eigenvalue weighted by atomic mass is 10.2. The number of hydrogen-bond acceptors (Lipinski definition) is 1. The summed E-state index contributed by atoms with van der Waals surface area (Å²) >= 11 is 9.18. The van der Waals surface area contributed by atoms with E-state index in [-0.39, 0.29) is 5.82 Å². The molecule has 0 aliphatic carbocycles. The zero-order chi connectivity index (χ0) is 14.1. The van der Waals surface area contributed by atoms with Crippen LogP contribution in [-0.2, 0) is 12.4 Å². The van der Waals surface area contributed by atoms with Gasteiger partial charge in [-0.05, 0) is 27.6 Å². The Hall–Kier alpha value is -1.39. The maximum atomic E-state index is 13.6. The van der Waals surface area contributed by atoms with E-state index < -0.39 is 0 Å². The lowest BCUT2D eigenvalue weighted by Crippen LogP contribution is -2.03. The summed E-state index contributed by atoms with van der Waals surface area (Å²) in [4.78, 5) is 4.40. The number of aromatic nitrogens is 2. The molecule has 0 bridgehead atoms. The summed E-state index contributed by atoms with van der Waals surface area (Å²) in [6.45, 7) is 0.664. The van der Waals surface area contributed by atoms with Gasteiger partial charge in [-0.2, -0.15) is 0 Å². The van der Waals surface area contributed by atoms with Crippen LogP contribution >= 0.6 is 27.5 Å². The molecular weight excluding hydrogens is 343 g/mol. The van der Waals surface area contributed by atoms with Gasteiger partial charge >= 0.3 is 0 Å². The fourth-order valence-corrected chi connectivity index (χ4v) is 2.75. The number of benzene rings is 2. The second kappa shape index (κ2) is 5.54. The van der Waals surface area contributed by atoms with E-state index in [1.165, 1.54) is 6.07 Å². The Morgan fingerprint density at radius 1 is 1.20 bits per heavy atom. The minimum Gasteiger partial charge on any atom is -0.322 e. The minimum absolute atomic E-state index is 0.292. The number of rotatable bonds is 3. The van der Waals surface area contributed by atoms with Crippen molar-refractivity contribution in [2.75, 3.05) is 0 Å². The van der Waals surface area contributed by atoms with Gasteiger partial charge in [0.25, 0.3) is 0 Å². The van der Waals surface area contributed by atoms with Gasteiger partial charge in [0, 0.05) is 12.6 Å².